The molecule has 178 valence electrons. The number of hydrogen-bond donors (Lipinski definition) is 3. The van der Waals surface area contributed by atoms with Gasteiger partial charge in [-0.3, -0.25) is 9.59 Å². The number of carbonyl (C=O) groups is 2. The van der Waals surface area contributed by atoms with E-state index in [-0.39, 0.29) is 23.4 Å². The molecule has 1 aliphatic rings. The van der Waals surface area contributed by atoms with Crippen LogP contribution in [0, 0.1) is 11.7 Å². The van der Waals surface area contributed by atoms with Crippen LogP contribution in [-0.2, 0) is 0 Å². The third-order valence-corrected chi connectivity index (χ3v) is 5.71. The summed E-state index contributed by atoms with van der Waals surface area (Å²) in [4.78, 5) is 24.3. The monoisotopic (exact) mass is 467 g/mol. The van der Waals surface area contributed by atoms with Gasteiger partial charge in [0.05, 0.1) is 36.7 Å². The van der Waals surface area contributed by atoms with Crippen molar-refractivity contribution in [1.82, 2.24) is 15.1 Å². The highest BCUT2D eigenvalue weighted by molar-refractivity contribution is 5.99. The zero-order valence-corrected chi connectivity index (χ0v) is 18.6. The first-order chi connectivity index (χ1) is 16.4. The van der Waals surface area contributed by atoms with E-state index < -0.39 is 31.0 Å². The van der Waals surface area contributed by atoms with Crippen molar-refractivity contribution >= 4 is 11.7 Å². The molecule has 2 aromatic carbocycles. The van der Waals surface area contributed by atoms with E-state index in [4.69, 9.17) is 14.9 Å². The van der Waals surface area contributed by atoms with E-state index in [1.807, 2.05) is 6.92 Å². The summed E-state index contributed by atoms with van der Waals surface area (Å²) in [6, 6.07) is 10.3. The van der Waals surface area contributed by atoms with Gasteiger partial charge in [-0.2, -0.15) is 5.10 Å². The molecule has 34 heavy (non-hydrogen) atoms. The Morgan fingerprint density at radius 2 is 1.88 bits per heavy atom. The van der Waals surface area contributed by atoms with Crippen LogP contribution in [0.25, 0.3) is 5.69 Å². The maximum atomic E-state index is 14.6. The van der Waals surface area contributed by atoms with Gasteiger partial charge in [0.25, 0.3) is 5.91 Å². The SMILES string of the molecule is CC(Oc1ccc(C(=O)C2CC2)cc1)c1cnn(-c2ccc(C(=O)NC(CO)CO)c(F)c2)c1. The molecule has 0 aliphatic heterocycles. The number of nitrogens with one attached hydrogen (secondary N) is 1. The number of aliphatic hydroxyl groups excluding tert-OH is 2. The van der Waals surface area contributed by atoms with Crippen molar-refractivity contribution in [3.63, 3.8) is 0 Å². The normalized spacial score (nSPS) is 14.1. The van der Waals surface area contributed by atoms with Gasteiger partial charge >= 0.3 is 0 Å². The lowest BCUT2D eigenvalue weighted by molar-refractivity contribution is 0.0875. The maximum absolute atomic E-state index is 14.6. The van der Waals surface area contributed by atoms with Gasteiger partial charge < -0.3 is 20.3 Å². The minimum atomic E-state index is -0.864. The molecule has 0 spiro atoms. The highest BCUT2D eigenvalue weighted by atomic mass is 19.1. The third-order valence-electron chi connectivity index (χ3n) is 5.71. The molecule has 9 heteroatoms. The predicted molar refractivity (Wildman–Crippen MR) is 121 cm³/mol. The second-order valence-corrected chi connectivity index (χ2v) is 8.34. The summed E-state index contributed by atoms with van der Waals surface area (Å²) in [5.41, 5.74) is 1.66. The second kappa shape index (κ2) is 10.1. The van der Waals surface area contributed by atoms with E-state index >= 15 is 0 Å². The molecule has 0 radical (unpaired) electrons. The van der Waals surface area contributed by atoms with Crippen molar-refractivity contribution in [3.05, 3.63) is 77.4 Å². The van der Waals surface area contributed by atoms with E-state index in [9.17, 15) is 14.0 Å². The van der Waals surface area contributed by atoms with Crippen LogP contribution in [-0.4, -0.2) is 50.9 Å². The maximum Gasteiger partial charge on any atom is 0.254 e. The van der Waals surface area contributed by atoms with Crippen LogP contribution in [0.5, 0.6) is 5.75 Å². The fourth-order valence-corrected chi connectivity index (χ4v) is 3.48. The van der Waals surface area contributed by atoms with Crippen LogP contribution >= 0.6 is 0 Å². The van der Waals surface area contributed by atoms with Crippen molar-refractivity contribution < 1.29 is 28.9 Å². The average molecular weight is 467 g/mol. The number of hydrogen-bond acceptors (Lipinski definition) is 6. The second-order valence-electron chi connectivity index (χ2n) is 8.34. The lowest BCUT2D eigenvalue weighted by Crippen LogP contribution is -2.40. The summed E-state index contributed by atoms with van der Waals surface area (Å²) in [5.74, 6) is -0.518. The Kier molecular flexibility index (Phi) is 7.04. The first-order valence-corrected chi connectivity index (χ1v) is 11.1. The van der Waals surface area contributed by atoms with Crippen molar-refractivity contribution in [2.75, 3.05) is 13.2 Å². The molecule has 4 rings (SSSR count). The largest absolute Gasteiger partial charge is 0.486 e. The highest BCUT2D eigenvalue weighted by Crippen LogP contribution is 2.33. The Balaban J connectivity index is 1.41. The van der Waals surface area contributed by atoms with E-state index in [0.29, 0.717) is 17.0 Å². The minimum absolute atomic E-state index is 0.169. The molecule has 3 N–H and O–H groups in total. The van der Waals surface area contributed by atoms with E-state index in [1.165, 1.54) is 16.8 Å². The molecule has 1 unspecified atom stereocenters. The smallest absolute Gasteiger partial charge is 0.254 e. The van der Waals surface area contributed by atoms with Crippen LogP contribution in [0.2, 0.25) is 0 Å². The summed E-state index contributed by atoms with van der Waals surface area (Å²) >= 11 is 0. The molecular weight excluding hydrogens is 441 g/mol. The Hall–Kier alpha value is -3.56. The molecule has 8 nitrogen and oxygen atoms in total. The van der Waals surface area contributed by atoms with Crippen molar-refractivity contribution in [1.29, 1.82) is 0 Å². The Labute approximate surface area is 196 Å². The highest BCUT2D eigenvalue weighted by Gasteiger charge is 2.30. The zero-order valence-electron chi connectivity index (χ0n) is 18.6. The fourth-order valence-electron chi connectivity index (χ4n) is 3.48. The van der Waals surface area contributed by atoms with Crippen LogP contribution < -0.4 is 10.1 Å². The van der Waals surface area contributed by atoms with E-state index in [0.717, 1.165) is 18.4 Å². The van der Waals surface area contributed by atoms with Gasteiger partial charge in [-0.15, -0.1) is 0 Å². The molecule has 1 saturated carbocycles. The topological polar surface area (TPSA) is 114 Å². The Morgan fingerprint density at radius 3 is 2.50 bits per heavy atom. The summed E-state index contributed by atoms with van der Waals surface area (Å²) < 4.78 is 22.0. The number of carbonyl (C=O) groups excluding carboxylic acids is 2. The number of ketones is 1. The van der Waals surface area contributed by atoms with Gasteiger partial charge in [0, 0.05) is 29.3 Å². The summed E-state index contributed by atoms with van der Waals surface area (Å²) in [6.45, 7) is 0.944. The number of halogens is 1. The number of amides is 1. The fraction of sp³-hybridized carbons (Fsp3) is 0.320. The number of Topliss-reactive ketones (excluding diaryl/α,β-unsaturated/α-hetero) is 1. The summed E-state index contributed by atoms with van der Waals surface area (Å²) in [5, 5.41) is 24.8. The van der Waals surface area contributed by atoms with E-state index in [2.05, 4.69) is 10.4 Å². The van der Waals surface area contributed by atoms with Crippen molar-refractivity contribution in [2.45, 2.75) is 31.9 Å². The third kappa shape index (κ3) is 5.32. The number of rotatable bonds is 10. The van der Waals surface area contributed by atoms with Gasteiger partial charge in [-0.1, -0.05) is 0 Å². The first kappa shape index (κ1) is 23.6. The number of aliphatic hydroxyl groups is 2. The molecular formula is C25H26FN3O5. The lowest BCUT2D eigenvalue weighted by Gasteiger charge is -2.14. The summed E-state index contributed by atoms with van der Waals surface area (Å²) in [7, 11) is 0. The van der Waals surface area contributed by atoms with Gasteiger partial charge in [0.2, 0.25) is 0 Å². The van der Waals surface area contributed by atoms with Crippen molar-refractivity contribution in [3.8, 4) is 11.4 Å². The quantitative estimate of drug-likeness (QED) is 0.395. The molecule has 3 aromatic rings. The standard InChI is InChI=1S/C25H26FN3O5/c1-15(34-21-7-4-17(5-8-21)24(32)16-2-3-16)18-11-27-29(12-18)20-6-9-22(23(26)10-20)25(33)28-19(13-30)14-31/h4-12,15-16,19,30-31H,2-3,13-14H2,1H3,(H,28,33). The lowest BCUT2D eigenvalue weighted by atomic mass is 10.1. The number of nitrogens with zero attached hydrogens (tertiary/aromatic N) is 2. The van der Waals surface area contributed by atoms with Gasteiger partial charge in [0.15, 0.2) is 5.78 Å². The van der Waals surface area contributed by atoms with E-state index in [1.54, 1.807) is 42.7 Å². The molecule has 0 saturated heterocycles. The average Bonchev–Trinajstić information content (AvgIpc) is 3.58. The molecule has 1 aliphatic carbocycles. The van der Waals surface area contributed by atoms with Gasteiger partial charge in [0.1, 0.15) is 17.7 Å². The minimum Gasteiger partial charge on any atom is -0.486 e. The molecule has 1 aromatic heterocycles. The van der Waals surface area contributed by atoms with Crippen LogP contribution in [0.4, 0.5) is 4.39 Å². The van der Waals surface area contributed by atoms with Gasteiger partial charge in [-0.05, 0) is 56.2 Å². The van der Waals surface area contributed by atoms with Crippen LogP contribution in [0.1, 0.15) is 52.1 Å². The molecule has 1 fully saturated rings. The van der Waals surface area contributed by atoms with Crippen LogP contribution in [0.15, 0.2) is 54.9 Å². The van der Waals surface area contributed by atoms with Gasteiger partial charge in [-0.25, -0.2) is 9.07 Å². The zero-order chi connectivity index (χ0) is 24.2. The number of benzene rings is 2. The van der Waals surface area contributed by atoms with Crippen molar-refractivity contribution in [2.24, 2.45) is 5.92 Å². The molecule has 0 bridgehead atoms. The molecule has 1 heterocycles. The predicted octanol–water partition coefficient (Wildman–Crippen LogP) is 2.83. The number of ether oxygens (including phenoxy) is 1. The van der Waals surface area contributed by atoms with Crippen LogP contribution in [0.3, 0.4) is 0 Å². The Morgan fingerprint density at radius 1 is 1.18 bits per heavy atom. The molecule has 1 atom stereocenters. The summed E-state index contributed by atoms with van der Waals surface area (Å²) in [6.07, 6.45) is 4.90. The molecule has 1 amide bonds. The first-order valence-electron chi connectivity index (χ1n) is 11.1. The number of aromatic nitrogens is 2. The Bertz CT molecular complexity index is 1170.